The maximum Gasteiger partial charge on any atom is 0.141 e. The first-order valence-electron chi connectivity index (χ1n) is 6.67. The highest BCUT2D eigenvalue weighted by atomic mass is 15.1. The lowest BCUT2D eigenvalue weighted by Gasteiger charge is -2.16. The first-order valence-corrected chi connectivity index (χ1v) is 6.67. The van der Waals surface area contributed by atoms with E-state index in [9.17, 15) is 0 Å². The monoisotopic (exact) mass is 264 g/mol. The second-order valence-corrected chi connectivity index (χ2v) is 4.81. The third-order valence-corrected chi connectivity index (χ3v) is 3.32. The van der Waals surface area contributed by atoms with E-state index in [0.717, 1.165) is 17.8 Å². The molecule has 4 nitrogen and oxygen atoms in total. The highest BCUT2D eigenvalue weighted by Crippen LogP contribution is 2.22. The van der Waals surface area contributed by atoms with Crippen molar-refractivity contribution < 1.29 is 0 Å². The van der Waals surface area contributed by atoms with Crippen molar-refractivity contribution in [3.63, 3.8) is 0 Å². The van der Waals surface area contributed by atoms with Gasteiger partial charge < -0.3 is 4.57 Å². The molecule has 0 fully saturated rings. The van der Waals surface area contributed by atoms with Crippen LogP contribution in [-0.2, 0) is 6.42 Å². The van der Waals surface area contributed by atoms with E-state index in [1.54, 1.807) is 12.4 Å². The molecule has 3 heterocycles. The molecule has 0 aliphatic heterocycles. The Morgan fingerprint density at radius 2 is 1.85 bits per heavy atom. The van der Waals surface area contributed by atoms with E-state index in [4.69, 9.17) is 0 Å². The number of aromatic nitrogens is 4. The molecule has 3 aromatic rings. The first kappa shape index (κ1) is 12.5. The maximum atomic E-state index is 4.46. The normalized spacial score (nSPS) is 12.2. The summed E-state index contributed by atoms with van der Waals surface area (Å²) in [6.07, 6.45) is 12.1. The van der Waals surface area contributed by atoms with Gasteiger partial charge in [0.05, 0.1) is 0 Å². The predicted molar refractivity (Wildman–Crippen MR) is 78.1 cm³/mol. The summed E-state index contributed by atoms with van der Waals surface area (Å²) in [5.41, 5.74) is 2.27. The van der Waals surface area contributed by atoms with E-state index >= 15 is 0 Å². The lowest BCUT2D eigenvalue weighted by molar-refractivity contribution is 0.549. The van der Waals surface area contributed by atoms with Crippen molar-refractivity contribution in [3.8, 4) is 11.4 Å². The van der Waals surface area contributed by atoms with Crippen LogP contribution >= 0.6 is 0 Å². The molecule has 0 aliphatic rings. The Balaban J connectivity index is 1.86. The lowest BCUT2D eigenvalue weighted by Crippen LogP contribution is -2.09. The third-order valence-electron chi connectivity index (χ3n) is 3.32. The Morgan fingerprint density at radius 3 is 2.55 bits per heavy atom. The molecule has 1 atom stereocenters. The van der Waals surface area contributed by atoms with Gasteiger partial charge in [-0.25, -0.2) is 4.98 Å². The van der Waals surface area contributed by atoms with Gasteiger partial charge in [0.2, 0.25) is 0 Å². The molecule has 4 heteroatoms. The van der Waals surface area contributed by atoms with Gasteiger partial charge in [-0.15, -0.1) is 0 Å². The van der Waals surface area contributed by atoms with E-state index in [0.29, 0.717) is 6.04 Å². The van der Waals surface area contributed by atoms with Gasteiger partial charge in [-0.2, -0.15) is 0 Å². The molecule has 100 valence electrons. The SMILES string of the molecule is C[C@H](Cc1cccnc1)n1ccnc1-c1cccnc1. The van der Waals surface area contributed by atoms with Crippen LogP contribution < -0.4 is 0 Å². The molecule has 0 radical (unpaired) electrons. The summed E-state index contributed by atoms with van der Waals surface area (Å²) in [5.74, 6) is 0.953. The zero-order valence-corrected chi connectivity index (χ0v) is 11.3. The van der Waals surface area contributed by atoms with E-state index in [1.165, 1.54) is 5.56 Å². The number of imidazole rings is 1. The Hall–Kier alpha value is -2.49. The van der Waals surface area contributed by atoms with Crippen LogP contribution in [0, 0.1) is 0 Å². The number of nitrogens with zero attached hydrogens (tertiary/aromatic N) is 4. The molecule has 20 heavy (non-hydrogen) atoms. The summed E-state index contributed by atoms with van der Waals surface area (Å²) in [6, 6.07) is 8.35. The fourth-order valence-electron chi connectivity index (χ4n) is 2.35. The minimum Gasteiger partial charge on any atom is -0.328 e. The van der Waals surface area contributed by atoms with Gasteiger partial charge in [0.25, 0.3) is 0 Å². The summed E-state index contributed by atoms with van der Waals surface area (Å²) >= 11 is 0. The lowest BCUT2D eigenvalue weighted by atomic mass is 10.1. The molecule has 0 unspecified atom stereocenters. The van der Waals surface area contributed by atoms with E-state index < -0.39 is 0 Å². The third kappa shape index (κ3) is 2.59. The Kier molecular flexibility index (Phi) is 3.54. The summed E-state index contributed by atoms with van der Waals surface area (Å²) in [6.45, 7) is 2.19. The highest BCUT2D eigenvalue weighted by molar-refractivity contribution is 5.53. The minimum atomic E-state index is 0.317. The molecule has 3 aromatic heterocycles. The van der Waals surface area contributed by atoms with Gasteiger partial charge in [0.1, 0.15) is 5.82 Å². The van der Waals surface area contributed by atoms with Gasteiger partial charge in [0.15, 0.2) is 0 Å². The number of hydrogen-bond acceptors (Lipinski definition) is 3. The number of hydrogen-bond donors (Lipinski definition) is 0. The van der Waals surface area contributed by atoms with Crippen molar-refractivity contribution in [1.29, 1.82) is 0 Å². The molecular formula is C16H16N4. The van der Waals surface area contributed by atoms with Crippen molar-refractivity contribution >= 4 is 0 Å². The molecule has 0 bridgehead atoms. The number of pyridine rings is 2. The summed E-state index contributed by atoms with van der Waals surface area (Å²) in [5, 5.41) is 0. The molecule has 0 saturated heterocycles. The van der Waals surface area contributed by atoms with Crippen LogP contribution in [0.4, 0.5) is 0 Å². The zero-order valence-electron chi connectivity index (χ0n) is 11.3. The van der Waals surface area contributed by atoms with Crippen molar-refractivity contribution in [2.24, 2.45) is 0 Å². The van der Waals surface area contributed by atoms with Crippen LogP contribution in [-0.4, -0.2) is 19.5 Å². The van der Waals surface area contributed by atoms with E-state index in [1.807, 2.05) is 43.0 Å². The van der Waals surface area contributed by atoms with Gasteiger partial charge in [-0.1, -0.05) is 6.07 Å². The van der Waals surface area contributed by atoms with Crippen LogP contribution in [0.2, 0.25) is 0 Å². The van der Waals surface area contributed by atoms with Crippen LogP contribution in [0.5, 0.6) is 0 Å². The van der Waals surface area contributed by atoms with Crippen LogP contribution in [0.25, 0.3) is 11.4 Å². The fraction of sp³-hybridized carbons (Fsp3) is 0.188. The van der Waals surface area contributed by atoms with Crippen molar-refractivity contribution in [1.82, 2.24) is 19.5 Å². The Labute approximate surface area is 118 Å². The second-order valence-electron chi connectivity index (χ2n) is 4.81. The zero-order chi connectivity index (χ0) is 13.8. The molecule has 0 amide bonds. The fourth-order valence-corrected chi connectivity index (χ4v) is 2.35. The van der Waals surface area contributed by atoms with Gasteiger partial charge in [0, 0.05) is 48.8 Å². The second kappa shape index (κ2) is 5.65. The largest absolute Gasteiger partial charge is 0.328 e. The standard InChI is InChI=1S/C16H16N4/c1-13(10-14-4-2-6-17-11-14)20-9-8-19-16(20)15-5-3-7-18-12-15/h2-9,11-13H,10H2,1H3/t13-/m1/s1. The minimum absolute atomic E-state index is 0.317. The summed E-state index contributed by atoms with van der Waals surface area (Å²) in [4.78, 5) is 12.8. The van der Waals surface area contributed by atoms with Gasteiger partial charge in [-0.05, 0) is 37.1 Å². The highest BCUT2D eigenvalue weighted by Gasteiger charge is 2.12. The molecule has 0 aromatic carbocycles. The van der Waals surface area contributed by atoms with Crippen LogP contribution in [0.1, 0.15) is 18.5 Å². The summed E-state index contributed by atoms with van der Waals surface area (Å²) in [7, 11) is 0. The molecule has 0 spiro atoms. The average molecular weight is 264 g/mol. The van der Waals surface area contributed by atoms with Crippen molar-refractivity contribution in [2.75, 3.05) is 0 Å². The first-order chi connectivity index (χ1) is 9.84. The van der Waals surface area contributed by atoms with Gasteiger partial charge >= 0.3 is 0 Å². The molecular weight excluding hydrogens is 248 g/mol. The Morgan fingerprint density at radius 1 is 1.05 bits per heavy atom. The smallest absolute Gasteiger partial charge is 0.141 e. The number of rotatable bonds is 4. The molecule has 0 aliphatic carbocycles. The maximum absolute atomic E-state index is 4.46. The summed E-state index contributed by atoms with van der Waals surface area (Å²) < 4.78 is 2.18. The van der Waals surface area contributed by atoms with Crippen molar-refractivity contribution in [3.05, 3.63) is 67.0 Å². The van der Waals surface area contributed by atoms with Crippen LogP contribution in [0.3, 0.4) is 0 Å². The topological polar surface area (TPSA) is 43.6 Å². The average Bonchev–Trinajstić information content (AvgIpc) is 2.99. The van der Waals surface area contributed by atoms with Crippen LogP contribution in [0.15, 0.2) is 61.4 Å². The quantitative estimate of drug-likeness (QED) is 0.727. The molecule has 3 rings (SSSR count). The van der Waals surface area contributed by atoms with E-state index in [-0.39, 0.29) is 0 Å². The predicted octanol–water partition coefficient (Wildman–Crippen LogP) is 3.14. The molecule has 0 N–H and O–H groups in total. The molecule has 0 saturated carbocycles. The van der Waals surface area contributed by atoms with E-state index in [2.05, 4.69) is 32.5 Å². The van der Waals surface area contributed by atoms with Gasteiger partial charge in [-0.3, -0.25) is 9.97 Å². The van der Waals surface area contributed by atoms with Crippen molar-refractivity contribution in [2.45, 2.75) is 19.4 Å². The Bertz CT molecular complexity index is 661.